The number of likely N-dealkylation sites (tertiary alicyclic amines) is 2. The van der Waals surface area contributed by atoms with Crippen LogP contribution < -0.4 is 5.32 Å². The molecule has 0 bridgehead atoms. The van der Waals surface area contributed by atoms with E-state index in [-0.39, 0.29) is 11.8 Å². The highest BCUT2D eigenvalue weighted by Crippen LogP contribution is 2.25. The summed E-state index contributed by atoms with van der Waals surface area (Å²) in [6, 6.07) is 7.51. The zero-order valence-electron chi connectivity index (χ0n) is 17.9. The number of piperidine rings is 2. The standard InChI is InChI=1S/C23H37N3O2/c1-18-13-19(2)15-20(14-18)16-25-10-6-22(7-11-25)26-9-4-5-21(17-26)23(27)24-8-12-28-3/h13-15,21-22H,4-12,16-17H2,1-3H3,(H,24,27)/t21-/m1/s1. The predicted molar refractivity (Wildman–Crippen MR) is 113 cm³/mol. The van der Waals surface area contributed by atoms with Crippen molar-refractivity contribution < 1.29 is 9.53 Å². The zero-order chi connectivity index (χ0) is 19.9. The fourth-order valence-electron chi connectivity index (χ4n) is 4.83. The van der Waals surface area contributed by atoms with Crippen LogP contribution in [0.3, 0.4) is 0 Å². The van der Waals surface area contributed by atoms with Crippen molar-refractivity contribution in [1.82, 2.24) is 15.1 Å². The molecule has 0 aliphatic carbocycles. The summed E-state index contributed by atoms with van der Waals surface area (Å²) in [6.07, 6.45) is 4.57. The van der Waals surface area contributed by atoms with E-state index in [0.29, 0.717) is 19.2 Å². The van der Waals surface area contributed by atoms with Crippen molar-refractivity contribution in [3.8, 4) is 0 Å². The van der Waals surface area contributed by atoms with E-state index in [9.17, 15) is 4.79 Å². The van der Waals surface area contributed by atoms with Crippen molar-refractivity contribution in [3.63, 3.8) is 0 Å². The summed E-state index contributed by atoms with van der Waals surface area (Å²) in [5.41, 5.74) is 4.14. The lowest BCUT2D eigenvalue weighted by atomic mass is 9.93. The summed E-state index contributed by atoms with van der Waals surface area (Å²) in [5, 5.41) is 3.02. The van der Waals surface area contributed by atoms with Gasteiger partial charge in [0.2, 0.25) is 5.91 Å². The topological polar surface area (TPSA) is 44.8 Å². The first-order valence-corrected chi connectivity index (χ1v) is 10.9. The molecule has 0 radical (unpaired) electrons. The van der Waals surface area contributed by atoms with E-state index in [1.807, 2.05) is 0 Å². The van der Waals surface area contributed by atoms with E-state index >= 15 is 0 Å². The summed E-state index contributed by atoms with van der Waals surface area (Å²) in [5.74, 6) is 0.341. The number of benzene rings is 1. The molecule has 2 fully saturated rings. The Morgan fingerprint density at radius 1 is 1.11 bits per heavy atom. The highest BCUT2D eigenvalue weighted by atomic mass is 16.5. The first kappa shape index (κ1) is 21.3. The molecule has 1 amide bonds. The Morgan fingerprint density at radius 3 is 2.50 bits per heavy atom. The van der Waals surface area contributed by atoms with E-state index < -0.39 is 0 Å². The maximum atomic E-state index is 12.4. The summed E-state index contributed by atoms with van der Waals surface area (Å²) in [6.45, 7) is 11.0. The van der Waals surface area contributed by atoms with Crippen molar-refractivity contribution >= 4 is 5.91 Å². The van der Waals surface area contributed by atoms with Crippen LogP contribution in [0.4, 0.5) is 0 Å². The van der Waals surface area contributed by atoms with Crippen molar-refractivity contribution in [1.29, 1.82) is 0 Å². The molecular formula is C23H37N3O2. The van der Waals surface area contributed by atoms with Gasteiger partial charge in [0.05, 0.1) is 12.5 Å². The number of rotatable bonds is 7. The first-order valence-electron chi connectivity index (χ1n) is 10.9. The van der Waals surface area contributed by atoms with Crippen LogP contribution in [0.15, 0.2) is 18.2 Å². The van der Waals surface area contributed by atoms with Crippen molar-refractivity contribution in [2.24, 2.45) is 5.92 Å². The molecule has 5 heteroatoms. The molecule has 2 aliphatic rings. The number of aryl methyl sites for hydroxylation is 2. The van der Waals surface area contributed by atoms with Crippen LogP contribution in [0.5, 0.6) is 0 Å². The fraction of sp³-hybridized carbons (Fsp3) is 0.696. The molecular weight excluding hydrogens is 350 g/mol. The smallest absolute Gasteiger partial charge is 0.224 e. The number of ether oxygens (including phenoxy) is 1. The average molecular weight is 388 g/mol. The maximum Gasteiger partial charge on any atom is 0.224 e. The SMILES string of the molecule is COCCNC(=O)[C@@H]1CCCN(C2CCN(Cc3cc(C)cc(C)c3)CC2)C1. The fourth-order valence-corrected chi connectivity index (χ4v) is 4.83. The molecule has 28 heavy (non-hydrogen) atoms. The van der Waals surface area contributed by atoms with Crippen LogP contribution in [-0.4, -0.2) is 68.2 Å². The van der Waals surface area contributed by atoms with Gasteiger partial charge in [0.25, 0.3) is 0 Å². The van der Waals surface area contributed by atoms with Crippen LogP contribution in [0.25, 0.3) is 0 Å². The maximum absolute atomic E-state index is 12.4. The molecule has 156 valence electrons. The van der Waals surface area contributed by atoms with Gasteiger partial charge >= 0.3 is 0 Å². The second-order valence-corrected chi connectivity index (χ2v) is 8.62. The van der Waals surface area contributed by atoms with E-state index in [1.165, 1.54) is 29.5 Å². The molecule has 0 unspecified atom stereocenters. The third-order valence-corrected chi connectivity index (χ3v) is 6.19. The molecule has 0 spiro atoms. The van der Waals surface area contributed by atoms with Crippen LogP contribution in [-0.2, 0) is 16.1 Å². The van der Waals surface area contributed by atoms with Crippen LogP contribution in [0, 0.1) is 19.8 Å². The van der Waals surface area contributed by atoms with Gasteiger partial charge < -0.3 is 10.1 Å². The summed E-state index contributed by atoms with van der Waals surface area (Å²) >= 11 is 0. The zero-order valence-corrected chi connectivity index (χ0v) is 17.9. The minimum atomic E-state index is 0.138. The normalized spacial score (nSPS) is 22.3. The first-order chi connectivity index (χ1) is 13.5. The lowest BCUT2D eigenvalue weighted by molar-refractivity contribution is -0.127. The van der Waals surface area contributed by atoms with E-state index in [2.05, 4.69) is 47.2 Å². The molecule has 1 N–H and O–H groups in total. The molecule has 0 aromatic heterocycles. The molecule has 1 aromatic carbocycles. The minimum absolute atomic E-state index is 0.138. The minimum Gasteiger partial charge on any atom is -0.383 e. The lowest BCUT2D eigenvalue weighted by Crippen LogP contribution is -2.50. The number of nitrogens with zero attached hydrogens (tertiary/aromatic N) is 2. The molecule has 0 saturated carbocycles. The Kier molecular flexibility index (Phi) is 7.89. The van der Waals surface area contributed by atoms with Crippen molar-refractivity contribution in [2.45, 2.75) is 52.1 Å². The van der Waals surface area contributed by atoms with Gasteiger partial charge in [0.15, 0.2) is 0 Å². The van der Waals surface area contributed by atoms with Crippen LogP contribution in [0.1, 0.15) is 42.4 Å². The largest absolute Gasteiger partial charge is 0.383 e. The number of carbonyl (C=O) groups excluding carboxylic acids is 1. The molecule has 2 heterocycles. The summed E-state index contributed by atoms with van der Waals surface area (Å²) < 4.78 is 5.03. The Labute approximate surface area is 170 Å². The molecule has 1 aromatic rings. The second-order valence-electron chi connectivity index (χ2n) is 8.62. The molecule has 5 nitrogen and oxygen atoms in total. The summed E-state index contributed by atoms with van der Waals surface area (Å²) in [7, 11) is 1.67. The Balaban J connectivity index is 1.45. The Bertz CT molecular complexity index is 620. The third kappa shape index (κ3) is 6.03. The van der Waals surface area contributed by atoms with Gasteiger partial charge in [0.1, 0.15) is 0 Å². The van der Waals surface area contributed by atoms with Crippen LogP contribution in [0.2, 0.25) is 0 Å². The van der Waals surface area contributed by atoms with Gasteiger partial charge in [-0.15, -0.1) is 0 Å². The van der Waals surface area contributed by atoms with E-state index in [0.717, 1.165) is 45.6 Å². The second kappa shape index (κ2) is 10.4. The predicted octanol–water partition coefficient (Wildman–Crippen LogP) is 2.74. The molecule has 2 saturated heterocycles. The van der Waals surface area contributed by atoms with Crippen molar-refractivity contribution in [3.05, 3.63) is 34.9 Å². The number of methoxy groups -OCH3 is 1. The van der Waals surface area contributed by atoms with Gasteiger partial charge in [-0.1, -0.05) is 29.3 Å². The summed E-state index contributed by atoms with van der Waals surface area (Å²) in [4.78, 5) is 17.6. The van der Waals surface area contributed by atoms with E-state index in [4.69, 9.17) is 4.74 Å². The number of amides is 1. The highest BCUT2D eigenvalue weighted by molar-refractivity contribution is 5.78. The van der Waals surface area contributed by atoms with E-state index in [1.54, 1.807) is 7.11 Å². The molecule has 3 rings (SSSR count). The number of nitrogens with one attached hydrogen (secondary N) is 1. The Hall–Kier alpha value is -1.43. The van der Waals surface area contributed by atoms with Gasteiger partial charge in [-0.3, -0.25) is 14.6 Å². The average Bonchev–Trinajstić information content (AvgIpc) is 2.68. The highest BCUT2D eigenvalue weighted by Gasteiger charge is 2.31. The monoisotopic (exact) mass is 387 g/mol. The molecule has 1 atom stereocenters. The number of carbonyl (C=O) groups is 1. The van der Waals surface area contributed by atoms with Gasteiger partial charge in [-0.25, -0.2) is 0 Å². The van der Waals surface area contributed by atoms with Gasteiger partial charge in [-0.05, 0) is 64.7 Å². The van der Waals surface area contributed by atoms with Gasteiger partial charge in [-0.2, -0.15) is 0 Å². The number of hydrogen-bond acceptors (Lipinski definition) is 4. The quantitative estimate of drug-likeness (QED) is 0.731. The van der Waals surface area contributed by atoms with Gasteiger partial charge in [0, 0.05) is 32.8 Å². The Morgan fingerprint density at radius 2 is 1.82 bits per heavy atom. The number of hydrogen-bond donors (Lipinski definition) is 1. The van der Waals surface area contributed by atoms with Crippen molar-refractivity contribution in [2.75, 3.05) is 46.4 Å². The van der Waals surface area contributed by atoms with Crippen LogP contribution >= 0.6 is 0 Å². The molecule has 2 aliphatic heterocycles. The lowest BCUT2D eigenvalue weighted by Gasteiger charge is -2.42. The third-order valence-electron chi connectivity index (χ3n) is 6.19.